The Morgan fingerprint density at radius 1 is 1.23 bits per heavy atom. The van der Waals surface area contributed by atoms with Crippen molar-refractivity contribution >= 4 is 39.1 Å². The lowest BCUT2D eigenvalue weighted by atomic mass is 10.1. The van der Waals surface area contributed by atoms with Crippen LogP contribution in [-0.2, 0) is 9.53 Å². The Kier molecular flexibility index (Phi) is 5.46. The van der Waals surface area contributed by atoms with Gasteiger partial charge < -0.3 is 15.4 Å². The molecule has 7 heteroatoms. The smallest absolute Gasteiger partial charge is 0.351 e. The molecular weight excluding hydrogens is 350 g/mol. The van der Waals surface area contributed by atoms with Crippen LogP contribution in [0.1, 0.15) is 53.5 Å². The summed E-state index contributed by atoms with van der Waals surface area (Å²) in [7, 11) is 0. The molecule has 2 aromatic heterocycles. The van der Waals surface area contributed by atoms with Crippen LogP contribution in [0.15, 0.2) is 6.07 Å². The van der Waals surface area contributed by atoms with Crippen LogP contribution in [-0.4, -0.2) is 41.0 Å². The quantitative estimate of drug-likeness (QED) is 0.831. The highest BCUT2D eigenvalue weighted by Gasteiger charge is 2.27. The van der Waals surface area contributed by atoms with Crippen LogP contribution < -0.4 is 5.73 Å². The molecule has 26 heavy (non-hydrogen) atoms. The predicted octanol–water partition coefficient (Wildman–Crippen LogP) is 3.44. The van der Waals surface area contributed by atoms with Crippen LogP contribution >= 0.6 is 11.3 Å². The van der Waals surface area contributed by atoms with E-state index in [1.165, 1.54) is 11.3 Å². The zero-order chi connectivity index (χ0) is 18.8. The monoisotopic (exact) mass is 375 g/mol. The van der Waals surface area contributed by atoms with Gasteiger partial charge in [-0.05, 0) is 45.2 Å². The average Bonchev–Trinajstić information content (AvgIpc) is 2.76. The number of thiophene rings is 1. The van der Waals surface area contributed by atoms with Crippen molar-refractivity contribution in [1.29, 1.82) is 0 Å². The summed E-state index contributed by atoms with van der Waals surface area (Å²) in [5.74, 6) is -0.691. The summed E-state index contributed by atoms with van der Waals surface area (Å²) in [5.41, 5.74) is 8.42. The summed E-state index contributed by atoms with van der Waals surface area (Å²) >= 11 is 1.22. The number of carbonyl (C=O) groups is 2. The van der Waals surface area contributed by atoms with E-state index in [4.69, 9.17) is 10.5 Å². The number of ether oxygens (including phenoxy) is 1. The van der Waals surface area contributed by atoms with Gasteiger partial charge in [-0.15, -0.1) is 11.3 Å². The number of amides is 1. The topological polar surface area (TPSA) is 85.5 Å². The molecule has 1 amide bonds. The molecule has 1 aliphatic heterocycles. The van der Waals surface area contributed by atoms with Gasteiger partial charge in [0, 0.05) is 24.2 Å². The number of rotatable bonds is 3. The molecule has 0 saturated carbocycles. The van der Waals surface area contributed by atoms with Crippen molar-refractivity contribution in [2.75, 3.05) is 18.8 Å². The second-order valence-corrected chi connectivity index (χ2v) is 7.89. The minimum Gasteiger partial charge on any atom is -0.448 e. The van der Waals surface area contributed by atoms with Crippen LogP contribution in [0.4, 0.5) is 5.69 Å². The second-order valence-electron chi connectivity index (χ2n) is 6.89. The third-order valence-corrected chi connectivity index (χ3v) is 5.84. The number of hydrogen-bond donors (Lipinski definition) is 1. The lowest BCUT2D eigenvalue weighted by Gasteiger charge is -2.23. The number of nitrogen functional groups attached to an aromatic ring is 1. The lowest BCUT2D eigenvalue weighted by Crippen LogP contribution is -2.40. The molecule has 1 aliphatic rings. The van der Waals surface area contributed by atoms with E-state index in [-0.39, 0.29) is 5.91 Å². The van der Waals surface area contributed by atoms with Crippen LogP contribution in [0.2, 0.25) is 0 Å². The summed E-state index contributed by atoms with van der Waals surface area (Å²) in [6.07, 6.45) is 3.46. The first kappa shape index (κ1) is 18.6. The summed E-state index contributed by atoms with van der Waals surface area (Å²) in [4.78, 5) is 32.5. The molecule has 0 aromatic carbocycles. The highest BCUT2D eigenvalue weighted by atomic mass is 32.1. The summed E-state index contributed by atoms with van der Waals surface area (Å²) in [6, 6.07) is 1.94. The molecule has 3 rings (SSSR count). The van der Waals surface area contributed by atoms with Crippen molar-refractivity contribution in [2.24, 2.45) is 0 Å². The minimum absolute atomic E-state index is 0.134. The predicted molar refractivity (Wildman–Crippen MR) is 103 cm³/mol. The van der Waals surface area contributed by atoms with Crippen molar-refractivity contribution in [2.45, 2.75) is 52.6 Å². The number of nitrogens with two attached hydrogens (primary N) is 1. The van der Waals surface area contributed by atoms with Crippen molar-refractivity contribution < 1.29 is 14.3 Å². The third-order valence-electron chi connectivity index (χ3n) is 4.76. The highest BCUT2D eigenvalue weighted by molar-refractivity contribution is 7.21. The van der Waals surface area contributed by atoms with Crippen molar-refractivity contribution in [3.8, 4) is 0 Å². The Hall–Kier alpha value is -2.15. The molecule has 6 nitrogen and oxygen atoms in total. The van der Waals surface area contributed by atoms with E-state index in [0.717, 1.165) is 60.2 Å². The third kappa shape index (κ3) is 3.67. The number of fused-ring (bicyclic) bond motifs is 1. The van der Waals surface area contributed by atoms with E-state index in [1.807, 2.05) is 19.9 Å². The van der Waals surface area contributed by atoms with Crippen LogP contribution in [0.5, 0.6) is 0 Å². The van der Waals surface area contributed by atoms with Crippen molar-refractivity contribution in [3.63, 3.8) is 0 Å². The normalized spacial score (nSPS) is 16.3. The maximum Gasteiger partial charge on any atom is 0.351 e. The molecule has 2 N–H and O–H groups in total. The molecule has 1 unspecified atom stereocenters. The van der Waals surface area contributed by atoms with E-state index >= 15 is 0 Å². The molecule has 3 heterocycles. The van der Waals surface area contributed by atoms with Gasteiger partial charge in [-0.2, -0.15) is 0 Å². The van der Waals surface area contributed by atoms with Gasteiger partial charge in [0.1, 0.15) is 9.71 Å². The van der Waals surface area contributed by atoms with E-state index in [9.17, 15) is 9.59 Å². The Morgan fingerprint density at radius 2 is 1.88 bits per heavy atom. The number of pyridine rings is 1. The zero-order valence-electron chi connectivity index (χ0n) is 15.5. The van der Waals surface area contributed by atoms with Crippen molar-refractivity contribution in [1.82, 2.24) is 9.88 Å². The van der Waals surface area contributed by atoms with E-state index in [2.05, 4.69) is 4.98 Å². The van der Waals surface area contributed by atoms with Gasteiger partial charge in [-0.3, -0.25) is 4.79 Å². The fourth-order valence-corrected chi connectivity index (χ4v) is 4.53. The number of anilines is 1. The number of hydrogen-bond acceptors (Lipinski definition) is 6. The standard InChI is InChI=1S/C19H25N3O3S/c1-11-10-12(2)21-17-14(11)15(20)16(26-17)19(24)25-13(3)18(23)22-8-6-4-5-7-9-22/h10,13H,4-9,20H2,1-3H3. The summed E-state index contributed by atoms with van der Waals surface area (Å²) < 4.78 is 5.45. The van der Waals surface area contributed by atoms with E-state index < -0.39 is 12.1 Å². The van der Waals surface area contributed by atoms with E-state index in [0.29, 0.717) is 10.6 Å². The van der Waals surface area contributed by atoms with Gasteiger partial charge in [0.05, 0.1) is 5.69 Å². The Balaban J connectivity index is 1.77. The molecule has 0 radical (unpaired) electrons. The molecule has 1 fully saturated rings. The molecule has 2 aromatic rings. The van der Waals surface area contributed by atoms with Gasteiger partial charge >= 0.3 is 5.97 Å². The summed E-state index contributed by atoms with van der Waals surface area (Å²) in [6.45, 7) is 6.94. The first-order chi connectivity index (χ1) is 12.4. The maximum atomic E-state index is 12.6. The first-order valence-corrected chi connectivity index (χ1v) is 9.86. The molecule has 1 atom stereocenters. The average molecular weight is 375 g/mol. The Bertz CT molecular complexity index is 838. The fraction of sp³-hybridized carbons (Fsp3) is 0.526. The number of aryl methyl sites for hydroxylation is 2. The Labute approximate surface area is 157 Å². The highest BCUT2D eigenvalue weighted by Crippen LogP contribution is 2.35. The second kappa shape index (κ2) is 7.61. The number of aromatic nitrogens is 1. The molecule has 0 bridgehead atoms. The van der Waals surface area contributed by atoms with Gasteiger partial charge in [0.2, 0.25) is 0 Å². The number of esters is 1. The van der Waals surface area contributed by atoms with Crippen LogP contribution in [0.3, 0.4) is 0 Å². The Morgan fingerprint density at radius 3 is 2.54 bits per heavy atom. The summed E-state index contributed by atoms with van der Waals surface area (Å²) in [5, 5.41) is 0.791. The largest absolute Gasteiger partial charge is 0.448 e. The first-order valence-electron chi connectivity index (χ1n) is 9.04. The molecule has 1 saturated heterocycles. The van der Waals surface area contributed by atoms with Crippen molar-refractivity contribution in [3.05, 3.63) is 22.2 Å². The zero-order valence-corrected chi connectivity index (χ0v) is 16.3. The fourth-order valence-electron chi connectivity index (χ4n) is 3.43. The number of carbonyl (C=O) groups excluding carboxylic acids is 2. The van der Waals surface area contributed by atoms with Crippen LogP contribution in [0, 0.1) is 13.8 Å². The molecule has 0 aliphatic carbocycles. The van der Waals surface area contributed by atoms with Gasteiger partial charge in [0.15, 0.2) is 6.10 Å². The number of nitrogens with zero attached hydrogens (tertiary/aromatic N) is 2. The molecule has 0 spiro atoms. The number of likely N-dealkylation sites (tertiary alicyclic amines) is 1. The molecular formula is C19H25N3O3S. The SMILES string of the molecule is Cc1cc(C)c2c(N)c(C(=O)OC(C)C(=O)N3CCCCCC3)sc2n1. The molecule has 140 valence electrons. The van der Waals surface area contributed by atoms with Gasteiger partial charge in [-0.25, -0.2) is 9.78 Å². The lowest BCUT2D eigenvalue weighted by molar-refractivity contribution is -0.139. The minimum atomic E-state index is -0.819. The maximum absolute atomic E-state index is 12.6. The van der Waals surface area contributed by atoms with Crippen LogP contribution in [0.25, 0.3) is 10.2 Å². The van der Waals surface area contributed by atoms with E-state index in [1.54, 1.807) is 11.8 Å². The van der Waals surface area contributed by atoms with Gasteiger partial charge in [-0.1, -0.05) is 12.8 Å². The van der Waals surface area contributed by atoms with Gasteiger partial charge in [0.25, 0.3) is 5.91 Å².